The Morgan fingerprint density at radius 1 is 1.59 bits per heavy atom. The van der Waals surface area contributed by atoms with Crippen molar-refractivity contribution >= 4 is 5.69 Å². The molecule has 0 spiro atoms. The Morgan fingerprint density at radius 3 is 3.06 bits per heavy atom. The molecule has 1 aromatic carbocycles. The average molecular weight is 237 g/mol. The molecule has 1 atom stereocenters. The molecule has 0 unspecified atom stereocenters. The molecule has 17 heavy (non-hydrogen) atoms. The third kappa shape index (κ3) is 2.81. The molecule has 2 rings (SSSR count). The number of methoxy groups -OCH3 is 1. The van der Waals surface area contributed by atoms with E-state index in [0.717, 1.165) is 18.8 Å². The molecule has 0 radical (unpaired) electrons. The predicted octanol–water partition coefficient (Wildman–Crippen LogP) is 1.27. The summed E-state index contributed by atoms with van der Waals surface area (Å²) in [6.45, 7) is 1.58. The van der Waals surface area contributed by atoms with Gasteiger partial charge in [0, 0.05) is 30.8 Å². The van der Waals surface area contributed by atoms with Gasteiger partial charge in [0.25, 0.3) is 0 Å². The molecule has 0 amide bonds. The van der Waals surface area contributed by atoms with Crippen molar-refractivity contribution in [3.05, 3.63) is 35.9 Å². The maximum Gasteiger partial charge on any atom is 0.165 e. The average Bonchev–Trinajstić information content (AvgIpc) is 2.74. The normalized spacial score (nSPS) is 18.5. The van der Waals surface area contributed by atoms with Gasteiger partial charge in [0.05, 0.1) is 12.9 Å². The molecule has 0 fully saturated rings. The van der Waals surface area contributed by atoms with Gasteiger partial charge in [0.2, 0.25) is 0 Å². The van der Waals surface area contributed by atoms with E-state index >= 15 is 0 Å². The number of halogens is 1. The molecule has 0 aromatic heterocycles. The first-order chi connectivity index (χ1) is 8.19. The lowest BCUT2D eigenvalue weighted by Crippen LogP contribution is -2.20. The molecule has 5 heteroatoms. The van der Waals surface area contributed by atoms with Crippen molar-refractivity contribution in [3.63, 3.8) is 0 Å². The zero-order valence-electron chi connectivity index (χ0n) is 9.66. The largest absolute Gasteiger partial charge is 0.494 e. The lowest BCUT2D eigenvalue weighted by atomic mass is 10.1. The minimum Gasteiger partial charge on any atom is -0.494 e. The second kappa shape index (κ2) is 4.95. The second-order valence-electron chi connectivity index (χ2n) is 3.99. The van der Waals surface area contributed by atoms with E-state index in [4.69, 9.17) is 10.5 Å². The van der Waals surface area contributed by atoms with Gasteiger partial charge in [-0.1, -0.05) is 0 Å². The van der Waals surface area contributed by atoms with E-state index in [1.807, 2.05) is 6.08 Å². The highest BCUT2D eigenvalue weighted by atomic mass is 19.1. The van der Waals surface area contributed by atoms with Crippen LogP contribution in [0.2, 0.25) is 0 Å². The number of hydrogen-bond acceptors (Lipinski definition) is 4. The van der Waals surface area contributed by atoms with Crippen molar-refractivity contribution in [1.29, 1.82) is 0 Å². The highest BCUT2D eigenvalue weighted by molar-refractivity contribution is 5.49. The van der Waals surface area contributed by atoms with Crippen LogP contribution >= 0.6 is 0 Å². The molecule has 1 aromatic rings. The maximum atomic E-state index is 13.2. The fraction of sp³-hybridized carbons (Fsp3) is 0.333. The first-order valence-corrected chi connectivity index (χ1v) is 5.47. The van der Waals surface area contributed by atoms with Crippen LogP contribution in [0.25, 0.3) is 0 Å². The number of anilines is 1. The van der Waals surface area contributed by atoms with Crippen LogP contribution in [0.5, 0.6) is 5.75 Å². The van der Waals surface area contributed by atoms with Crippen LogP contribution in [-0.4, -0.2) is 20.2 Å². The molecule has 0 aliphatic carbocycles. The summed E-state index contributed by atoms with van der Waals surface area (Å²) < 4.78 is 18.1. The SMILES string of the molecule is COc1cc(NC[C@@H]2C=C(N)NC2)ccc1F. The smallest absolute Gasteiger partial charge is 0.165 e. The van der Waals surface area contributed by atoms with Gasteiger partial charge in [-0.3, -0.25) is 0 Å². The maximum absolute atomic E-state index is 13.2. The summed E-state index contributed by atoms with van der Waals surface area (Å²) in [5.74, 6) is 0.957. The molecular weight excluding hydrogens is 221 g/mol. The molecule has 4 N–H and O–H groups in total. The predicted molar refractivity (Wildman–Crippen MR) is 65.2 cm³/mol. The van der Waals surface area contributed by atoms with Crippen LogP contribution in [0.15, 0.2) is 30.1 Å². The van der Waals surface area contributed by atoms with Crippen molar-refractivity contribution in [2.45, 2.75) is 0 Å². The zero-order chi connectivity index (χ0) is 12.3. The van der Waals surface area contributed by atoms with Crippen molar-refractivity contribution in [1.82, 2.24) is 5.32 Å². The van der Waals surface area contributed by atoms with Crippen LogP contribution in [0.1, 0.15) is 0 Å². The molecule has 0 bridgehead atoms. The molecular formula is C12H16FN3O. The van der Waals surface area contributed by atoms with E-state index in [1.54, 1.807) is 12.1 Å². The lowest BCUT2D eigenvalue weighted by Gasteiger charge is -2.11. The monoisotopic (exact) mass is 237 g/mol. The summed E-state index contributed by atoms with van der Waals surface area (Å²) in [6.07, 6.45) is 1.98. The van der Waals surface area contributed by atoms with Gasteiger partial charge in [0.1, 0.15) is 0 Å². The summed E-state index contributed by atoms with van der Waals surface area (Å²) in [5, 5.41) is 6.27. The lowest BCUT2D eigenvalue weighted by molar-refractivity contribution is 0.387. The number of ether oxygens (including phenoxy) is 1. The van der Waals surface area contributed by atoms with Gasteiger partial charge in [-0.25, -0.2) is 4.39 Å². The number of nitrogens with two attached hydrogens (primary N) is 1. The Bertz CT molecular complexity index is 434. The van der Waals surface area contributed by atoms with Gasteiger partial charge in [-0.2, -0.15) is 0 Å². The van der Waals surface area contributed by atoms with Gasteiger partial charge in [0.15, 0.2) is 11.6 Å². The number of benzene rings is 1. The molecule has 1 heterocycles. The molecule has 0 saturated heterocycles. The fourth-order valence-electron chi connectivity index (χ4n) is 1.77. The number of hydrogen-bond donors (Lipinski definition) is 3. The van der Waals surface area contributed by atoms with Crippen LogP contribution in [0, 0.1) is 11.7 Å². The van der Waals surface area contributed by atoms with Crippen molar-refractivity contribution in [2.75, 3.05) is 25.5 Å². The van der Waals surface area contributed by atoms with Crippen molar-refractivity contribution in [3.8, 4) is 5.75 Å². The van der Waals surface area contributed by atoms with Gasteiger partial charge in [-0.15, -0.1) is 0 Å². The van der Waals surface area contributed by atoms with E-state index in [1.165, 1.54) is 13.2 Å². The van der Waals surface area contributed by atoms with Crippen LogP contribution in [-0.2, 0) is 0 Å². The van der Waals surface area contributed by atoms with Crippen LogP contribution in [0.4, 0.5) is 10.1 Å². The minimum atomic E-state index is -0.357. The van der Waals surface area contributed by atoms with Crippen LogP contribution in [0.3, 0.4) is 0 Å². The molecule has 1 aliphatic heterocycles. The topological polar surface area (TPSA) is 59.3 Å². The van der Waals surface area contributed by atoms with Gasteiger partial charge < -0.3 is 21.1 Å². The van der Waals surface area contributed by atoms with E-state index < -0.39 is 0 Å². The van der Waals surface area contributed by atoms with Gasteiger partial charge in [-0.05, 0) is 18.2 Å². The summed E-state index contributed by atoms with van der Waals surface area (Å²) >= 11 is 0. The molecule has 0 saturated carbocycles. The summed E-state index contributed by atoms with van der Waals surface area (Å²) in [5.41, 5.74) is 6.45. The van der Waals surface area contributed by atoms with Gasteiger partial charge >= 0.3 is 0 Å². The Balaban J connectivity index is 1.95. The number of rotatable bonds is 4. The molecule has 1 aliphatic rings. The van der Waals surface area contributed by atoms with E-state index in [9.17, 15) is 4.39 Å². The fourth-order valence-corrected chi connectivity index (χ4v) is 1.77. The summed E-state index contributed by atoms with van der Waals surface area (Å²) in [7, 11) is 1.45. The third-order valence-corrected chi connectivity index (χ3v) is 2.70. The second-order valence-corrected chi connectivity index (χ2v) is 3.99. The molecule has 92 valence electrons. The van der Waals surface area contributed by atoms with E-state index in [2.05, 4.69) is 10.6 Å². The summed E-state index contributed by atoms with van der Waals surface area (Å²) in [6, 6.07) is 4.72. The van der Waals surface area contributed by atoms with Crippen LogP contribution < -0.4 is 21.1 Å². The summed E-state index contributed by atoms with van der Waals surface area (Å²) in [4.78, 5) is 0. The van der Waals surface area contributed by atoms with Crippen molar-refractivity contribution < 1.29 is 9.13 Å². The zero-order valence-corrected chi connectivity index (χ0v) is 9.66. The third-order valence-electron chi connectivity index (χ3n) is 2.70. The van der Waals surface area contributed by atoms with E-state index in [-0.39, 0.29) is 11.6 Å². The quantitative estimate of drug-likeness (QED) is 0.738. The highest BCUT2D eigenvalue weighted by Gasteiger charge is 2.12. The standard InChI is InChI=1S/C12H16FN3O/c1-17-11-5-9(2-3-10(11)13)15-6-8-4-12(14)16-7-8/h2-5,8,15-16H,6-7,14H2,1H3/t8-/m0/s1. The first-order valence-electron chi connectivity index (χ1n) is 5.47. The Hall–Kier alpha value is -1.91. The first kappa shape index (κ1) is 11.6. The highest BCUT2D eigenvalue weighted by Crippen LogP contribution is 2.21. The van der Waals surface area contributed by atoms with Crippen molar-refractivity contribution in [2.24, 2.45) is 11.7 Å². The molecule has 4 nitrogen and oxygen atoms in total. The Kier molecular flexibility index (Phi) is 3.37. The van der Waals surface area contributed by atoms with E-state index in [0.29, 0.717) is 11.7 Å². The Morgan fingerprint density at radius 2 is 2.41 bits per heavy atom. The minimum absolute atomic E-state index is 0.245. The number of nitrogens with one attached hydrogen (secondary N) is 2. The Labute approximate surface area is 99.6 Å².